The molecule has 198 valence electrons. The lowest BCUT2D eigenvalue weighted by Crippen LogP contribution is -2.40. The number of hydrogen-bond donors (Lipinski definition) is 1. The molecule has 2 amide bonds. The standard InChI is InChI=1S/C27H29F3N2O5/c1-16-23(24(33)31-19-11-12-32(14-19)25(34)37-26(2,3)4)21-13-20(9-10-22(21)36-16)35-15-17-5-7-18(8-6-17)27(28,29)30/h5-10,13,19H,11-12,14-15H2,1-4H3,(H,31,33). The lowest BCUT2D eigenvalue weighted by Gasteiger charge is -2.24. The van der Waals surface area contributed by atoms with Gasteiger partial charge in [-0.25, -0.2) is 4.79 Å². The zero-order valence-corrected chi connectivity index (χ0v) is 21.1. The number of alkyl halides is 3. The fourth-order valence-corrected chi connectivity index (χ4v) is 4.16. The summed E-state index contributed by atoms with van der Waals surface area (Å²) in [6.45, 7) is 7.98. The van der Waals surface area contributed by atoms with Gasteiger partial charge in [0.25, 0.3) is 5.91 Å². The van der Waals surface area contributed by atoms with E-state index in [1.165, 1.54) is 12.1 Å². The Balaban J connectivity index is 1.43. The van der Waals surface area contributed by atoms with Crippen molar-refractivity contribution in [3.63, 3.8) is 0 Å². The molecule has 1 saturated heterocycles. The summed E-state index contributed by atoms with van der Waals surface area (Å²) in [4.78, 5) is 27.1. The molecule has 0 bridgehead atoms. The number of rotatable bonds is 5. The summed E-state index contributed by atoms with van der Waals surface area (Å²) >= 11 is 0. The van der Waals surface area contributed by atoms with Gasteiger partial charge in [-0.05, 0) is 70.0 Å². The number of carbonyl (C=O) groups is 2. The summed E-state index contributed by atoms with van der Waals surface area (Å²) in [6.07, 6.45) is -4.21. The van der Waals surface area contributed by atoms with E-state index in [2.05, 4.69) is 5.32 Å². The van der Waals surface area contributed by atoms with E-state index in [1.54, 1.807) is 50.8 Å². The number of likely N-dealkylation sites (tertiary alicyclic amines) is 1. The van der Waals surface area contributed by atoms with Gasteiger partial charge in [-0.3, -0.25) is 4.79 Å². The van der Waals surface area contributed by atoms with Crippen LogP contribution in [0.15, 0.2) is 46.9 Å². The molecule has 1 unspecified atom stereocenters. The van der Waals surface area contributed by atoms with Crippen LogP contribution in [0.2, 0.25) is 0 Å². The van der Waals surface area contributed by atoms with Crippen molar-refractivity contribution in [1.82, 2.24) is 10.2 Å². The van der Waals surface area contributed by atoms with Crippen molar-refractivity contribution >= 4 is 23.0 Å². The van der Waals surface area contributed by atoms with Crippen molar-refractivity contribution in [2.75, 3.05) is 13.1 Å². The molecule has 2 aromatic carbocycles. The van der Waals surface area contributed by atoms with Crippen molar-refractivity contribution in [2.45, 2.75) is 58.5 Å². The fourth-order valence-electron chi connectivity index (χ4n) is 4.16. The Bertz CT molecular complexity index is 1290. The molecule has 1 N–H and O–H groups in total. The van der Waals surface area contributed by atoms with Gasteiger partial charge in [0, 0.05) is 24.5 Å². The van der Waals surface area contributed by atoms with Crippen LogP contribution in [-0.4, -0.2) is 41.6 Å². The number of nitrogens with zero attached hydrogens (tertiary/aromatic N) is 1. The molecule has 1 fully saturated rings. The van der Waals surface area contributed by atoms with Crippen LogP contribution in [0.1, 0.15) is 54.4 Å². The minimum absolute atomic E-state index is 0.0601. The maximum atomic E-state index is 13.2. The zero-order chi connectivity index (χ0) is 27.0. The average molecular weight is 519 g/mol. The summed E-state index contributed by atoms with van der Waals surface area (Å²) in [7, 11) is 0. The number of benzene rings is 2. The molecule has 1 atom stereocenters. The van der Waals surface area contributed by atoms with Gasteiger partial charge < -0.3 is 24.1 Å². The Morgan fingerprint density at radius 3 is 2.46 bits per heavy atom. The van der Waals surface area contributed by atoms with Crippen LogP contribution >= 0.6 is 0 Å². The van der Waals surface area contributed by atoms with Crippen LogP contribution in [0.5, 0.6) is 5.75 Å². The topological polar surface area (TPSA) is 81.0 Å². The molecule has 4 rings (SSSR count). The molecule has 7 nitrogen and oxygen atoms in total. The maximum absolute atomic E-state index is 13.2. The summed E-state index contributed by atoms with van der Waals surface area (Å²) in [6, 6.07) is 9.55. The number of carbonyl (C=O) groups excluding carboxylic acids is 2. The molecule has 1 aliphatic rings. The Morgan fingerprint density at radius 1 is 1.11 bits per heavy atom. The molecule has 37 heavy (non-hydrogen) atoms. The van der Waals surface area contributed by atoms with Crippen molar-refractivity contribution < 1.29 is 36.7 Å². The molecule has 0 saturated carbocycles. The van der Waals surface area contributed by atoms with Crippen molar-refractivity contribution in [3.8, 4) is 5.75 Å². The second-order valence-corrected chi connectivity index (χ2v) is 10.1. The van der Waals surface area contributed by atoms with Crippen LogP contribution in [0.4, 0.5) is 18.0 Å². The highest BCUT2D eigenvalue weighted by Gasteiger charge is 2.32. The number of amides is 2. The van der Waals surface area contributed by atoms with Gasteiger partial charge in [0.1, 0.15) is 29.3 Å². The molecule has 0 spiro atoms. The normalized spacial score (nSPS) is 16.2. The van der Waals surface area contributed by atoms with Gasteiger partial charge in [0.05, 0.1) is 11.1 Å². The first-order valence-corrected chi connectivity index (χ1v) is 11.9. The predicted octanol–water partition coefficient (Wildman–Crippen LogP) is 6.08. The van der Waals surface area contributed by atoms with E-state index < -0.39 is 23.4 Å². The van der Waals surface area contributed by atoms with E-state index in [1.807, 2.05) is 0 Å². The van der Waals surface area contributed by atoms with Gasteiger partial charge in [-0.15, -0.1) is 0 Å². The number of hydrogen-bond acceptors (Lipinski definition) is 5. The third-order valence-corrected chi connectivity index (χ3v) is 5.92. The van der Waals surface area contributed by atoms with Crippen LogP contribution in [-0.2, 0) is 17.5 Å². The van der Waals surface area contributed by atoms with Crippen LogP contribution in [0.3, 0.4) is 0 Å². The highest BCUT2D eigenvalue weighted by molar-refractivity contribution is 6.07. The quantitative estimate of drug-likeness (QED) is 0.443. The largest absolute Gasteiger partial charge is 0.489 e. The van der Waals surface area contributed by atoms with E-state index in [4.69, 9.17) is 13.9 Å². The molecular weight excluding hydrogens is 489 g/mol. The Hall–Kier alpha value is -3.69. The Kier molecular flexibility index (Phi) is 7.12. The Labute approximate surface area is 212 Å². The summed E-state index contributed by atoms with van der Waals surface area (Å²) in [5, 5.41) is 3.53. The van der Waals surface area contributed by atoms with E-state index >= 15 is 0 Å². The first kappa shape index (κ1) is 26.4. The monoisotopic (exact) mass is 518 g/mol. The molecule has 1 aromatic heterocycles. The second-order valence-electron chi connectivity index (χ2n) is 10.1. The molecule has 10 heteroatoms. The van der Waals surface area contributed by atoms with Crippen LogP contribution in [0, 0.1) is 6.92 Å². The SMILES string of the molecule is Cc1oc2ccc(OCc3ccc(C(F)(F)F)cc3)cc2c1C(=O)NC1CCN(C(=O)OC(C)(C)C)C1. The van der Waals surface area contributed by atoms with Crippen molar-refractivity contribution in [2.24, 2.45) is 0 Å². The minimum Gasteiger partial charge on any atom is -0.489 e. The number of fused-ring (bicyclic) bond motifs is 1. The highest BCUT2D eigenvalue weighted by Crippen LogP contribution is 2.31. The second kappa shape index (κ2) is 9.99. The molecular formula is C27H29F3N2O5. The van der Waals surface area contributed by atoms with Gasteiger partial charge in [-0.1, -0.05) is 12.1 Å². The molecule has 1 aliphatic heterocycles. The third-order valence-electron chi connectivity index (χ3n) is 5.92. The lowest BCUT2D eigenvalue weighted by atomic mass is 10.1. The maximum Gasteiger partial charge on any atom is 0.416 e. The van der Waals surface area contributed by atoms with Gasteiger partial charge in [0.2, 0.25) is 0 Å². The van der Waals surface area contributed by atoms with Crippen molar-refractivity contribution in [1.29, 1.82) is 0 Å². The average Bonchev–Trinajstić information content (AvgIpc) is 3.39. The van der Waals surface area contributed by atoms with Gasteiger partial charge in [-0.2, -0.15) is 13.2 Å². The number of ether oxygens (including phenoxy) is 2. The van der Waals surface area contributed by atoms with Crippen LogP contribution < -0.4 is 10.1 Å². The summed E-state index contributed by atoms with van der Waals surface area (Å²) in [5.74, 6) is 0.556. The number of furan rings is 1. The van der Waals surface area contributed by atoms with E-state index in [0.717, 1.165) is 12.1 Å². The van der Waals surface area contributed by atoms with Gasteiger partial charge >= 0.3 is 12.3 Å². The first-order valence-electron chi connectivity index (χ1n) is 11.9. The molecule has 3 aromatic rings. The lowest BCUT2D eigenvalue weighted by molar-refractivity contribution is -0.137. The third kappa shape index (κ3) is 6.36. The molecule has 0 radical (unpaired) electrons. The molecule has 0 aliphatic carbocycles. The van der Waals surface area contributed by atoms with Crippen molar-refractivity contribution in [3.05, 3.63) is 64.9 Å². The van der Waals surface area contributed by atoms with E-state index in [-0.39, 0.29) is 18.6 Å². The summed E-state index contributed by atoms with van der Waals surface area (Å²) < 4.78 is 55.2. The first-order chi connectivity index (χ1) is 17.3. The number of aryl methyl sites for hydroxylation is 1. The fraction of sp³-hybridized carbons (Fsp3) is 0.407. The number of nitrogens with one attached hydrogen (secondary N) is 1. The van der Waals surface area contributed by atoms with Gasteiger partial charge in [0.15, 0.2) is 0 Å². The minimum atomic E-state index is -4.40. The highest BCUT2D eigenvalue weighted by atomic mass is 19.4. The smallest absolute Gasteiger partial charge is 0.416 e. The molecule has 2 heterocycles. The van der Waals surface area contributed by atoms with E-state index in [0.29, 0.717) is 53.1 Å². The zero-order valence-electron chi connectivity index (χ0n) is 21.1. The van der Waals surface area contributed by atoms with Crippen LogP contribution in [0.25, 0.3) is 11.0 Å². The number of halogens is 3. The predicted molar refractivity (Wildman–Crippen MR) is 130 cm³/mol. The summed E-state index contributed by atoms with van der Waals surface area (Å²) in [5.41, 5.74) is 0.123. The Morgan fingerprint density at radius 2 is 1.81 bits per heavy atom. The van der Waals surface area contributed by atoms with E-state index in [9.17, 15) is 22.8 Å².